The summed E-state index contributed by atoms with van der Waals surface area (Å²) in [5.74, 6) is 0. The Kier molecular flexibility index (Phi) is 7.10. The fourth-order valence-corrected chi connectivity index (χ4v) is 6.15. The fourth-order valence-electron chi connectivity index (χ4n) is 3.70. The Balaban J connectivity index is 1.59. The van der Waals surface area contributed by atoms with Crippen molar-refractivity contribution in [3.63, 3.8) is 0 Å². The van der Waals surface area contributed by atoms with Gasteiger partial charge in [0.15, 0.2) is 0 Å². The molecular formula is C24H25N5O4S2. The molecule has 11 heteroatoms. The number of hydrogen-bond acceptors (Lipinski definition) is 8. The molecule has 0 atom stereocenters. The number of rotatable bonds is 8. The summed E-state index contributed by atoms with van der Waals surface area (Å²) in [6.07, 6.45) is 0. The van der Waals surface area contributed by atoms with Crippen LogP contribution in [0.1, 0.15) is 26.3 Å². The lowest BCUT2D eigenvalue weighted by molar-refractivity contribution is -0.384. The maximum absolute atomic E-state index is 12.8. The van der Waals surface area contributed by atoms with Crippen LogP contribution in [-0.4, -0.2) is 36.4 Å². The molecule has 0 bridgehead atoms. The zero-order valence-electron chi connectivity index (χ0n) is 19.5. The van der Waals surface area contributed by atoms with Crippen molar-refractivity contribution in [3.05, 3.63) is 76.3 Å². The second kappa shape index (κ2) is 10.1. The molecular weight excluding hydrogens is 486 g/mol. The molecule has 1 aliphatic heterocycles. The summed E-state index contributed by atoms with van der Waals surface area (Å²) in [5.41, 5.74) is 5.92. The number of anilines is 3. The Morgan fingerprint density at radius 3 is 2.49 bits per heavy atom. The van der Waals surface area contributed by atoms with Crippen LogP contribution in [0.4, 0.5) is 22.7 Å². The average Bonchev–Trinajstić information content (AvgIpc) is 2.86. The number of nitrogens with zero attached hydrogens (tertiary/aromatic N) is 3. The summed E-state index contributed by atoms with van der Waals surface area (Å²) >= 11 is 1.68. The van der Waals surface area contributed by atoms with E-state index in [4.69, 9.17) is 0 Å². The van der Waals surface area contributed by atoms with Crippen LogP contribution in [0.3, 0.4) is 0 Å². The van der Waals surface area contributed by atoms with E-state index in [1.54, 1.807) is 32.5 Å². The average molecular weight is 512 g/mol. The van der Waals surface area contributed by atoms with Gasteiger partial charge in [0, 0.05) is 28.9 Å². The van der Waals surface area contributed by atoms with Gasteiger partial charge in [-0.15, -0.1) is 0 Å². The fraction of sp³-hybridized carbons (Fsp3) is 0.208. The van der Waals surface area contributed by atoms with Gasteiger partial charge in [0.1, 0.15) is 5.69 Å². The van der Waals surface area contributed by atoms with E-state index in [2.05, 4.69) is 21.9 Å². The van der Waals surface area contributed by atoms with Crippen molar-refractivity contribution in [3.8, 4) is 0 Å². The molecule has 0 radical (unpaired) electrons. The second-order valence-electron chi connectivity index (χ2n) is 7.77. The monoisotopic (exact) mass is 511 g/mol. The SMILES string of the molecule is CCN(CC)S(=O)(=O)c1ccc(N/N=C(/C)c2ccc3c(c2)Nc2ccccc2S3)c([N+](=O)[O-])c1. The van der Waals surface area contributed by atoms with Crippen molar-refractivity contribution in [1.82, 2.24) is 4.31 Å². The highest BCUT2D eigenvalue weighted by Gasteiger charge is 2.25. The molecule has 1 heterocycles. The van der Waals surface area contributed by atoms with Gasteiger partial charge in [-0.1, -0.05) is 43.8 Å². The van der Waals surface area contributed by atoms with Gasteiger partial charge in [-0.2, -0.15) is 9.41 Å². The first-order chi connectivity index (χ1) is 16.7. The highest BCUT2D eigenvalue weighted by Crippen LogP contribution is 2.44. The lowest BCUT2D eigenvalue weighted by atomic mass is 10.1. The van der Waals surface area contributed by atoms with E-state index in [0.29, 0.717) is 5.71 Å². The summed E-state index contributed by atoms with van der Waals surface area (Å²) in [6, 6.07) is 17.8. The third kappa shape index (κ3) is 5.02. The van der Waals surface area contributed by atoms with E-state index >= 15 is 0 Å². The van der Waals surface area contributed by atoms with Crippen LogP contribution in [0.5, 0.6) is 0 Å². The summed E-state index contributed by atoms with van der Waals surface area (Å²) in [6.45, 7) is 5.78. The molecule has 0 aliphatic carbocycles. The number of sulfonamides is 1. The lowest BCUT2D eigenvalue weighted by Crippen LogP contribution is -2.30. The quantitative estimate of drug-likeness (QED) is 0.178. The minimum Gasteiger partial charge on any atom is -0.354 e. The zero-order chi connectivity index (χ0) is 25.2. The predicted molar refractivity (Wildman–Crippen MR) is 139 cm³/mol. The highest BCUT2D eigenvalue weighted by atomic mass is 32.2. The van der Waals surface area contributed by atoms with Gasteiger partial charge in [-0.3, -0.25) is 15.5 Å². The maximum atomic E-state index is 12.8. The molecule has 0 fully saturated rings. The van der Waals surface area contributed by atoms with Crippen LogP contribution < -0.4 is 10.7 Å². The van der Waals surface area contributed by atoms with Crippen LogP contribution in [0, 0.1) is 10.1 Å². The van der Waals surface area contributed by atoms with Gasteiger partial charge in [0.05, 0.1) is 26.9 Å². The van der Waals surface area contributed by atoms with E-state index < -0.39 is 14.9 Å². The van der Waals surface area contributed by atoms with Gasteiger partial charge in [-0.25, -0.2) is 8.42 Å². The highest BCUT2D eigenvalue weighted by molar-refractivity contribution is 7.99. The van der Waals surface area contributed by atoms with Crippen LogP contribution in [-0.2, 0) is 10.0 Å². The van der Waals surface area contributed by atoms with Crippen LogP contribution in [0.2, 0.25) is 0 Å². The molecule has 4 rings (SSSR count). The molecule has 3 aromatic carbocycles. The van der Waals surface area contributed by atoms with Gasteiger partial charge in [0.2, 0.25) is 10.0 Å². The number of nitro groups is 1. The van der Waals surface area contributed by atoms with E-state index in [0.717, 1.165) is 32.8 Å². The van der Waals surface area contributed by atoms with Crippen molar-refractivity contribution >= 4 is 50.2 Å². The van der Waals surface area contributed by atoms with Crippen molar-refractivity contribution in [1.29, 1.82) is 0 Å². The van der Waals surface area contributed by atoms with Gasteiger partial charge in [0.25, 0.3) is 5.69 Å². The van der Waals surface area contributed by atoms with Gasteiger partial charge < -0.3 is 5.32 Å². The van der Waals surface area contributed by atoms with Crippen molar-refractivity contribution in [2.75, 3.05) is 23.8 Å². The van der Waals surface area contributed by atoms with Crippen LogP contribution in [0.25, 0.3) is 0 Å². The maximum Gasteiger partial charge on any atom is 0.295 e. The smallest absolute Gasteiger partial charge is 0.295 e. The first-order valence-electron chi connectivity index (χ1n) is 11.0. The van der Waals surface area contributed by atoms with E-state index in [-0.39, 0.29) is 29.4 Å². The molecule has 0 aromatic heterocycles. The molecule has 1 aliphatic rings. The summed E-state index contributed by atoms with van der Waals surface area (Å²) in [5, 5.41) is 19.4. The number of para-hydroxylation sites is 1. The largest absolute Gasteiger partial charge is 0.354 e. The number of nitro benzene ring substituents is 1. The molecule has 9 nitrogen and oxygen atoms in total. The summed E-state index contributed by atoms with van der Waals surface area (Å²) in [4.78, 5) is 13.2. The lowest BCUT2D eigenvalue weighted by Gasteiger charge is -2.21. The molecule has 0 spiro atoms. The molecule has 182 valence electrons. The molecule has 0 saturated heterocycles. The number of nitrogens with one attached hydrogen (secondary N) is 2. The van der Waals surface area contributed by atoms with Crippen molar-refractivity contribution in [2.24, 2.45) is 5.10 Å². The Morgan fingerprint density at radius 1 is 1.06 bits per heavy atom. The molecule has 35 heavy (non-hydrogen) atoms. The zero-order valence-corrected chi connectivity index (χ0v) is 21.1. The summed E-state index contributed by atoms with van der Waals surface area (Å²) < 4.78 is 26.8. The summed E-state index contributed by atoms with van der Waals surface area (Å²) in [7, 11) is -3.82. The Morgan fingerprint density at radius 2 is 1.77 bits per heavy atom. The second-order valence-corrected chi connectivity index (χ2v) is 10.8. The van der Waals surface area contributed by atoms with Gasteiger partial charge >= 0.3 is 0 Å². The number of hydrazone groups is 1. The topological polar surface area (TPSA) is 117 Å². The Bertz CT molecular complexity index is 1420. The van der Waals surface area contributed by atoms with Crippen molar-refractivity contribution in [2.45, 2.75) is 35.5 Å². The molecule has 0 unspecified atom stereocenters. The Labute approximate surface area is 208 Å². The first-order valence-corrected chi connectivity index (χ1v) is 13.3. The standard InChI is InChI=1S/C24H25N5O4S2/c1-4-28(5-2)35(32,33)18-11-12-19(22(15-18)29(30)31)27-26-16(3)17-10-13-24-21(14-17)25-20-8-6-7-9-23(20)34-24/h6-15,25,27H,4-5H2,1-3H3/b26-16-. The molecule has 0 amide bonds. The molecule has 0 saturated carbocycles. The van der Waals surface area contributed by atoms with Crippen molar-refractivity contribution < 1.29 is 13.3 Å². The molecule has 3 aromatic rings. The third-order valence-corrected chi connectivity index (χ3v) is 8.82. The first kappa shape index (κ1) is 24.7. The minimum atomic E-state index is -3.82. The Hall–Kier alpha value is -3.41. The van der Waals surface area contributed by atoms with Crippen LogP contribution in [0.15, 0.2) is 80.5 Å². The van der Waals surface area contributed by atoms with E-state index in [9.17, 15) is 18.5 Å². The predicted octanol–water partition coefficient (Wildman–Crippen LogP) is 5.67. The van der Waals surface area contributed by atoms with E-state index in [1.807, 2.05) is 36.4 Å². The minimum absolute atomic E-state index is 0.105. The normalized spacial score (nSPS) is 13.1. The number of hydrogen-bond donors (Lipinski definition) is 2. The third-order valence-electron chi connectivity index (χ3n) is 5.63. The van der Waals surface area contributed by atoms with Gasteiger partial charge in [-0.05, 0) is 48.9 Å². The van der Waals surface area contributed by atoms with Crippen LogP contribution >= 0.6 is 11.8 Å². The van der Waals surface area contributed by atoms with E-state index in [1.165, 1.54) is 16.4 Å². The molecule has 2 N–H and O–H groups in total. The number of benzene rings is 3. The number of fused-ring (bicyclic) bond motifs is 2.